The van der Waals surface area contributed by atoms with Gasteiger partial charge in [0, 0.05) is 11.6 Å². The maximum absolute atomic E-state index is 4.76. The van der Waals surface area contributed by atoms with Crippen LogP contribution in [-0.4, -0.2) is 27.6 Å². The molecule has 0 spiro atoms. The van der Waals surface area contributed by atoms with Gasteiger partial charge in [-0.25, -0.2) is 4.68 Å². The van der Waals surface area contributed by atoms with Crippen LogP contribution < -0.4 is 5.32 Å². The molecular formula is C27H28N4. The van der Waals surface area contributed by atoms with Crippen LogP contribution in [-0.2, 0) is 5.54 Å². The molecule has 0 aliphatic carbocycles. The highest BCUT2D eigenvalue weighted by Gasteiger charge is 2.46. The molecule has 0 amide bonds. The first kappa shape index (κ1) is 19.7. The summed E-state index contributed by atoms with van der Waals surface area (Å²) in [7, 11) is 0. The number of rotatable bonds is 5. The normalized spacial score (nSPS) is 16.5. The Morgan fingerprint density at radius 2 is 1.58 bits per heavy atom. The van der Waals surface area contributed by atoms with E-state index in [1.54, 1.807) is 0 Å². The highest BCUT2D eigenvalue weighted by Crippen LogP contribution is 2.40. The summed E-state index contributed by atoms with van der Waals surface area (Å²) in [6.45, 7) is 5.27. The maximum Gasteiger partial charge on any atom is 0.129 e. The lowest BCUT2D eigenvalue weighted by atomic mass is 9.76. The third-order valence-electron chi connectivity index (χ3n) is 6.52. The van der Waals surface area contributed by atoms with Gasteiger partial charge in [0.25, 0.3) is 0 Å². The summed E-state index contributed by atoms with van der Waals surface area (Å²) in [4.78, 5) is 0. The van der Waals surface area contributed by atoms with E-state index in [-0.39, 0.29) is 6.04 Å². The molecule has 0 saturated carbocycles. The van der Waals surface area contributed by atoms with Crippen LogP contribution in [0.4, 0.5) is 0 Å². The number of aryl methyl sites for hydroxylation is 2. The predicted molar refractivity (Wildman–Crippen MR) is 125 cm³/mol. The Labute approximate surface area is 183 Å². The van der Waals surface area contributed by atoms with Crippen molar-refractivity contribution in [3.63, 3.8) is 0 Å². The molecule has 0 unspecified atom stereocenters. The number of nitrogens with one attached hydrogen (secondary N) is 1. The minimum absolute atomic E-state index is 0.227. The summed E-state index contributed by atoms with van der Waals surface area (Å²) in [5, 5.41) is 13.2. The van der Waals surface area contributed by atoms with Gasteiger partial charge in [-0.05, 0) is 56.0 Å². The summed E-state index contributed by atoms with van der Waals surface area (Å²) in [6.07, 6.45) is 4.37. The highest BCUT2D eigenvalue weighted by atomic mass is 15.5. The molecule has 1 saturated heterocycles. The molecule has 1 aliphatic heterocycles. The standard InChI is InChI=1S/C27H28N4/c1-20-15-16-21(2)24(18-20)25-19-31(30-29-25)27(26-14-9-17-28-26,22-10-5-3-6-11-22)23-12-7-4-8-13-23/h3-8,10-13,15-16,18-19,26,28H,9,14,17H2,1-2H3/t26-/m0/s1. The Morgan fingerprint density at radius 1 is 0.903 bits per heavy atom. The first-order chi connectivity index (χ1) is 15.2. The van der Waals surface area contributed by atoms with E-state index >= 15 is 0 Å². The van der Waals surface area contributed by atoms with Gasteiger partial charge in [0.2, 0.25) is 0 Å². The summed E-state index contributed by atoms with van der Waals surface area (Å²) < 4.78 is 2.10. The van der Waals surface area contributed by atoms with Gasteiger partial charge in [0.05, 0.1) is 6.20 Å². The first-order valence-corrected chi connectivity index (χ1v) is 11.0. The van der Waals surface area contributed by atoms with Gasteiger partial charge in [0.1, 0.15) is 11.2 Å². The van der Waals surface area contributed by atoms with Gasteiger partial charge < -0.3 is 5.32 Å². The van der Waals surface area contributed by atoms with E-state index in [1.165, 1.54) is 22.3 Å². The SMILES string of the molecule is Cc1ccc(C)c(-c2cn(C(c3ccccc3)(c3ccccc3)[C@@H]3CCCN3)nn2)c1. The van der Waals surface area contributed by atoms with E-state index in [2.05, 4.69) is 114 Å². The molecule has 4 nitrogen and oxygen atoms in total. The maximum atomic E-state index is 4.76. The van der Waals surface area contributed by atoms with Crippen LogP contribution in [0.2, 0.25) is 0 Å². The second-order valence-corrected chi connectivity index (χ2v) is 8.51. The molecule has 31 heavy (non-hydrogen) atoms. The molecule has 1 N–H and O–H groups in total. The zero-order chi connectivity index (χ0) is 21.3. The van der Waals surface area contributed by atoms with Crippen LogP contribution >= 0.6 is 0 Å². The largest absolute Gasteiger partial charge is 0.311 e. The van der Waals surface area contributed by atoms with Crippen LogP contribution in [0.25, 0.3) is 11.3 Å². The number of benzene rings is 3. The Hall–Kier alpha value is -3.24. The fourth-order valence-corrected chi connectivity index (χ4v) is 4.99. The summed E-state index contributed by atoms with van der Waals surface area (Å²) in [6, 6.07) is 28.2. The molecule has 4 heteroatoms. The Bertz CT molecular complexity index is 1120. The van der Waals surface area contributed by atoms with E-state index in [0.29, 0.717) is 0 Å². The van der Waals surface area contributed by atoms with Crippen molar-refractivity contribution < 1.29 is 0 Å². The third kappa shape index (κ3) is 3.37. The molecule has 0 bridgehead atoms. The van der Waals surface area contributed by atoms with Crippen LogP contribution in [0.1, 0.15) is 35.1 Å². The number of hydrogen-bond acceptors (Lipinski definition) is 3. The second-order valence-electron chi connectivity index (χ2n) is 8.51. The second kappa shape index (κ2) is 8.12. The topological polar surface area (TPSA) is 42.7 Å². The van der Waals surface area contributed by atoms with Crippen molar-refractivity contribution in [2.24, 2.45) is 0 Å². The number of nitrogens with zero attached hydrogens (tertiary/aromatic N) is 3. The van der Waals surface area contributed by atoms with Crippen molar-refractivity contribution in [2.75, 3.05) is 6.54 Å². The van der Waals surface area contributed by atoms with E-state index in [9.17, 15) is 0 Å². The van der Waals surface area contributed by atoms with E-state index < -0.39 is 5.54 Å². The van der Waals surface area contributed by atoms with Crippen molar-refractivity contribution in [3.8, 4) is 11.3 Å². The Balaban J connectivity index is 1.75. The molecule has 1 atom stereocenters. The fraction of sp³-hybridized carbons (Fsp3) is 0.259. The van der Waals surface area contributed by atoms with Gasteiger partial charge in [-0.2, -0.15) is 0 Å². The molecule has 0 radical (unpaired) electrons. The van der Waals surface area contributed by atoms with E-state index in [0.717, 1.165) is 30.6 Å². The van der Waals surface area contributed by atoms with Crippen molar-refractivity contribution in [1.29, 1.82) is 0 Å². The van der Waals surface area contributed by atoms with Crippen molar-refractivity contribution >= 4 is 0 Å². The quantitative estimate of drug-likeness (QED) is 0.499. The van der Waals surface area contributed by atoms with Gasteiger partial charge in [-0.15, -0.1) is 5.10 Å². The monoisotopic (exact) mass is 408 g/mol. The average molecular weight is 409 g/mol. The smallest absolute Gasteiger partial charge is 0.129 e. The molecule has 1 fully saturated rings. The molecular weight excluding hydrogens is 380 g/mol. The third-order valence-corrected chi connectivity index (χ3v) is 6.52. The fourth-order valence-electron chi connectivity index (χ4n) is 4.99. The van der Waals surface area contributed by atoms with Crippen LogP contribution in [0.3, 0.4) is 0 Å². The van der Waals surface area contributed by atoms with Gasteiger partial charge >= 0.3 is 0 Å². The molecule has 3 aromatic carbocycles. The van der Waals surface area contributed by atoms with Crippen molar-refractivity contribution in [3.05, 3.63) is 107 Å². The molecule has 1 aromatic heterocycles. The molecule has 2 heterocycles. The van der Waals surface area contributed by atoms with Gasteiger partial charge in [-0.3, -0.25) is 0 Å². The summed E-state index contributed by atoms with van der Waals surface area (Å²) in [5.41, 5.74) is 6.46. The van der Waals surface area contributed by atoms with Gasteiger partial charge in [0.15, 0.2) is 0 Å². The number of aromatic nitrogens is 3. The molecule has 1 aliphatic rings. The lowest BCUT2D eigenvalue weighted by Crippen LogP contribution is -2.51. The minimum atomic E-state index is -0.470. The average Bonchev–Trinajstić information content (AvgIpc) is 3.51. The zero-order valence-electron chi connectivity index (χ0n) is 18.1. The lowest BCUT2D eigenvalue weighted by Gasteiger charge is -2.40. The van der Waals surface area contributed by atoms with Crippen molar-refractivity contribution in [1.82, 2.24) is 20.3 Å². The Kier molecular flexibility index (Phi) is 5.16. The van der Waals surface area contributed by atoms with Gasteiger partial charge in [-0.1, -0.05) is 83.6 Å². The minimum Gasteiger partial charge on any atom is -0.311 e. The Morgan fingerprint density at radius 3 is 2.19 bits per heavy atom. The zero-order valence-corrected chi connectivity index (χ0v) is 18.1. The highest BCUT2D eigenvalue weighted by molar-refractivity contribution is 5.63. The lowest BCUT2D eigenvalue weighted by molar-refractivity contribution is 0.289. The number of hydrogen-bond donors (Lipinski definition) is 1. The molecule has 4 aromatic rings. The molecule has 156 valence electrons. The first-order valence-electron chi connectivity index (χ1n) is 11.0. The predicted octanol–water partition coefficient (Wildman–Crippen LogP) is 5.11. The molecule has 5 rings (SSSR count). The van der Waals surface area contributed by atoms with Crippen LogP contribution in [0.15, 0.2) is 85.1 Å². The summed E-state index contributed by atoms with van der Waals surface area (Å²) in [5.74, 6) is 0. The summed E-state index contributed by atoms with van der Waals surface area (Å²) >= 11 is 0. The van der Waals surface area contributed by atoms with Crippen molar-refractivity contribution in [2.45, 2.75) is 38.3 Å². The van der Waals surface area contributed by atoms with E-state index in [4.69, 9.17) is 5.21 Å². The van der Waals surface area contributed by atoms with Crippen LogP contribution in [0.5, 0.6) is 0 Å². The van der Waals surface area contributed by atoms with Crippen LogP contribution in [0, 0.1) is 13.8 Å². The van der Waals surface area contributed by atoms with E-state index in [1.807, 2.05) is 0 Å².